The first kappa shape index (κ1) is 19.7. The fourth-order valence-electron chi connectivity index (χ4n) is 4.46. The molecule has 0 spiro atoms. The van der Waals surface area contributed by atoms with Crippen LogP contribution in [0, 0.1) is 5.92 Å². The Bertz CT molecular complexity index is 817. The lowest BCUT2D eigenvalue weighted by atomic mass is 9.74. The van der Waals surface area contributed by atoms with E-state index in [0.29, 0.717) is 31.2 Å². The first-order valence-electron chi connectivity index (χ1n) is 10.5. The van der Waals surface area contributed by atoms with Crippen LogP contribution in [-0.4, -0.2) is 25.8 Å². The summed E-state index contributed by atoms with van der Waals surface area (Å²) < 4.78 is 18.3. The van der Waals surface area contributed by atoms with Crippen molar-refractivity contribution < 1.29 is 19.0 Å². The predicted molar refractivity (Wildman–Crippen MR) is 111 cm³/mol. The van der Waals surface area contributed by atoms with Gasteiger partial charge >= 0.3 is 5.97 Å². The molecule has 152 valence electrons. The van der Waals surface area contributed by atoms with E-state index in [-0.39, 0.29) is 11.9 Å². The van der Waals surface area contributed by atoms with Gasteiger partial charge in [-0.3, -0.25) is 0 Å². The molecule has 1 atom stereocenters. The average molecular weight is 392 g/mol. The summed E-state index contributed by atoms with van der Waals surface area (Å²) in [6.45, 7) is 3.42. The van der Waals surface area contributed by atoms with Gasteiger partial charge in [0, 0.05) is 17.7 Å². The van der Waals surface area contributed by atoms with Gasteiger partial charge in [0.05, 0.1) is 24.7 Å². The number of allylic oxidation sites excluding steroid dienone is 1. The number of esters is 1. The SMILES string of the molecule is CC1=C2C(=O)OCCCCCCOCC2C(c2ccccc2)(c2ccccc2)O1. The number of cyclic esters (lactones) is 1. The van der Waals surface area contributed by atoms with Crippen LogP contribution in [0.15, 0.2) is 72.0 Å². The molecule has 2 aliphatic heterocycles. The standard InChI is InChI=1S/C25H28O4/c1-19-23-22(18-27-16-10-2-3-11-17-28-24(23)26)25(29-19,20-12-6-4-7-13-20)21-14-8-5-9-15-21/h4-9,12-15,22H,2-3,10-11,16-18H2,1H3. The molecular formula is C25H28O4. The number of hydrogen-bond donors (Lipinski definition) is 0. The summed E-state index contributed by atoms with van der Waals surface area (Å²) in [5, 5.41) is 0. The highest BCUT2D eigenvalue weighted by Gasteiger charge is 2.53. The molecular weight excluding hydrogens is 364 g/mol. The molecule has 1 unspecified atom stereocenters. The van der Waals surface area contributed by atoms with E-state index >= 15 is 0 Å². The van der Waals surface area contributed by atoms with Crippen molar-refractivity contribution in [2.24, 2.45) is 5.92 Å². The van der Waals surface area contributed by atoms with Crippen LogP contribution in [0.3, 0.4) is 0 Å². The minimum atomic E-state index is -0.814. The molecule has 1 saturated heterocycles. The Labute approximate surface area is 172 Å². The molecule has 2 heterocycles. The van der Waals surface area contributed by atoms with Crippen molar-refractivity contribution in [3.05, 3.63) is 83.1 Å². The number of hydrogen-bond acceptors (Lipinski definition) is 4. The average Bonchev–Trinajstić information content (AvgIpc) is 3.05. The van der Waals surface area contributed by atoms with Gasteiger partial charge in [0.1, 0.15) is 5.76 Å². The maximum Gasteiger partial charge on any atom is 0.337 e. The van der Waals surface area contributed by atoms with Crippen LogP contribution in [0.5, 0.6) is 0 Å². The number of carbonyl (C=O) groups is 1. The molecule has 0 aliphatic carbocycles. The second kappa shape index (κ2) is 8.83. The molecule has 4 rings (SSSR count). The van der Waals surface area contributed by atoms with Gasteiger partial charge in [-0.15, -0.1) is 0 Å². The molecule has 4 heteroatoms. The minimum Gasteiger partial charge on any atom is -0.481 e. The second-order valence-electron chi connectivity index (χ2n) is 7.72. The van der Waals surface area contributed by atoms with Gasteiger partial charge in [0.25, 0.3) is 0 Å². The smallest absolute Gasteiger partial charge is 0.337 e. The lowest BCUT2D eigenvalue weighted by molar-refractivity contribution is -0.140. The first-order valence-corrected chi connectivity index (χ1v) is 10.5. The molecule has 0 bridgehead atoms. The third-order valence-corrected chi connectivity index (χ3v) is 5.86. The van der Waals surface area contributed by atoms with Crippen molar-refractivity contribution in [2.45, 2.75) is 38.2 Å². The Morgan fingerprint density at radius 3 is 2.03 bits per heavy atom. The Hall–Kier alpha value is -2.59. The highest BCUT2D eigenvalue weighted by molar-refractivity contribution is 5.91. The lowest BCUT2D eigenvalue weighted by Gasteiger charge is -2.37. The zero-order valence-corrected chi connectivity index (χ0v) is 16.9. The summed E-state index contributed by atoms with van der Waals surface area (Å²) >= 11 is 0. The molecule has 0 saturated carbocycles. The third-order valence-electron chi connectivity index (χ3n) is 5.86. The topological polar surface area (TPSA) is 44.8 Å². The number of rotatable bonds is 2. The Morgan fingerprint density at radius 2 is 1.41 bits per heavy atom. The fourth-order valence-corrected chi connectivity index (χ4v) is 4.46. The van der Waals surface area contributed by atoms with E-state index in [1.54, 1.807) is 0 Å². The first-order chi connectivity index (χ1) is 14.2. The van der Waals surface area contributed by atoms with Gasteiger partial charge < -0.3 is 14.2 Å². The van der Waals surface area contributed by atoms with Crippen LogP contribution in [0.4, 0.5) is 0 Å². The highest BCUT2D eigenvalue weighted by atomic mass is 16.5. The Kier molecular flexibility index (Phi) is 6.00. The summed E-state index contributed by atoms with van der Waals surface area (Å²) in [6, 6.07) is 20.2. The van der Waals surface area contributed by atoms with Crippen molar-refractivity contribution >= 4 is 5.97 Å². The summed E-state index contributed by atoms with van der Waals surface area (Å²) in [6.07, 6.45) is 4.03. The number of ether oxygens (including phenoxy) is 3. The zero-order valence-electron chi connectivity index (χ0n) is 16.9. The largest absolute Gasteiger partial charge is 0.481 e. The summed E-state index contributed by atoms with van der Waals surface area (Å²) in [5.41, 5.74) is 1.80. The van der Waals surface area contributed by atoms with Gasteiger partial charge in [-0.2, -0.15) is 0 Å². The zero-order chi connectivity index (χ0) is 20.1. The van der Waals surface area contributed by atoms with E-state index in [9.17, 15) is 4.79 Å². The lowest BCUT2D eigenvalue weighted by Crippen LogP contribution is -2.39. The van der Waals surface area contributed by atoms with Crippen LogP contribution in [-0.2, 0) is 24.6 Å². The van der Waals surface area contributed by atoms with Crippen LogP contribution < -0.4 is 0 Å². The van der Waals surface area contributed by atoms with Crippen LogP contribution >= 0.6 is 0 Å². The molecule has 2 aliphatic rings. The van der Waals surface area contributed by atoms with Crippen molar-refractivity contribution in [2.75, 3.05) is 19.8 Å². The number of benzene rings is 2. The molecule has 2 aromatic rings. The normalized spacial score (nSPS) is 22.7. The summed E-state index contributed by atoms with van der Waals surface area (Å²) in [7, 11) is 0. The van der Waals surface area contributed by atoms with Gasteiger partial charge in [0.2, 0.25) is 0 Å². The van der Waals surface area contributed by atoms with Crippen molar-refractivity contribution in [1.29, 1.82) is 0 Å². The maximum absolute atomic E-state index is 13.1. The summed E-state index contributed by atoms with van der Waals surface area (Å²) in [4.78, 5) is 13.1. The van der Waals surface area contributed by atoms with Gasteiger partial charge in [-0.25, -0.2) is 4.79 Å². The van der Waals surface area contributed by atoms with E-state index in [1.165, 1.54) is 0 Å². The second-order valence-corrected chi connectivity index (χ2v) is 7.72. The number of carbonyl (C=O) groups excluding carboxylic acids is 1. The minimum absolute atomic E-state index is 0.278. The molecule has 1 fully saturated rings. The highest BCUT2D eigenvalue weighted by Crippen LogP contribution is 2.51. The predicted octanol–water partition coefficient (Wildman–Crippen LogP) is 4.98. The third kappa shape index (κ3) is 3.82. The molecule has 4 nitrogen and oxygen atoms in total. The van der Waals surface area contributed by atoms with E-state index in [4.69, 9.17) is 14.2 Å². The Balaban J connectivity index is 1.82. The van der Waals surface area contributed by atoms with E-state index in [1.807, 2.05) is 43.3 Å². The molecule has 29 heavy (non-hydrogen) atoms. The van der Waals surface area contributed by atoms with Crippen LogP contribution in [0.2, 0.25) is 0 Å². The van der Waals surface area contributed by atoms with Crippen LogP contribution in [0.25, 0.3) is 0 Å². The van der Waals surface area contributed by atoms with Crippen molar-refractivity contribution in [1.82, 2.24) is 0 Å². The van der Waals surface area contributed by atoms with Crippen LogP contribution in [0.1, 0.15) is 43.7 Å². The Morgan fingerprint density at radius 1 is 0.828 bits per heavy atom. The number of fused-ring (bicyclic) bond motifs is 1. The van der Waals surface area contributed by atoms with Crippen molar-refractivity contribution in [3.63, 3.8) is 0 Å². The van der Waals surface area contributed by atoms with Crippen molar-refractivity contribution in [3.8, 4) is 0 Å². The van der Waals surface area contributed by atoms with E-state index in [0.717, 1.165) is 36.8 Å². The molecule has 0 amide bonds. The van der Waals surface area contributed by atoms with Gasteiger partial charge in [-0.05, 0) is 26.2 Å². The maximum atomic E-state index is 13.1. The summed E-state index contributed by atoms with van der Waals surface area (Å²) in [5.74, 6) is 0.0537. The monoisotopic (exact) mass is 392 g/mol. The molecule has 0 aromatic heterocycles. The van der Waals surface area contributed by atoms with Gasteiger partial charge in [0.15, 0.2) is 5.60 Å². The molecule has 0 N–H and O–H groups in total. The van der Waals surface area contributed by atoms with E-state index in [2.05, 4.69) is 24.3 Å². The molecule has 2 aromatic carbocycles. The van der Waals surface area contributed by atoms with Gasteiger partial charge in [-0.1, -0.05) is 67.1 Å². The molecule has 0 radical (unpaired) electrons. The van der Waals surface area contributed by atoms with E-state index < -0.39 is 5.60 Å². The quantitative estimate of drug-likeness (QED) is 0.676. The fraction of sp³-hybridized carbons (Fsp3) is 0.400.